The fraction of sp³-hybridized carbons (Fsp3) is 0.0909. The van der Waals surface area contributed by atoms with E-state index in [1.54, 1.807) is 12.1 Å². The molecule has 3 rings (SSSR count). The molecule has 0 unspecified atom stereocenters. The Morgan fingerprint density at radius 1 is 0.885 bits per heavy atom. The maximum Gasteiger partial charge on any atom is 0.120 e. The first-order valence-corrected chi connectivity index (χ1v) is 9.76. The Balaban J connectivity index is 1.86. The van der Waals surface area contributed by atoms with E-state index in [4.69, 9.17) is 4.74 Å². The number of benzene rings is 3. The van der Waals surface area contributed by atoms with Crippen LogP contribution in [0.5, 0.6) is 11.5 Å². The number of phenols is 1. The summed E-state index contributed by atoms with van der Waals surface area (Å²) < 4.78 is 7.95. The highest BCUT2D eigenvalue weighted by Gasteiger charge is 2.06. The van der Waals surface area contributed by atoms with E-state index in [9.17, 15) is 5.11 Å². The van der Waals surface area contributed by atoms with Crippen LogP contribution in [0.15, 0.2) is 81.8 Å². The molecule has 0 spiro atoms. The molecule has 3 aromatic rings. The quantitative estimate of drug-likeness (QED) is 0.444. The van der Waals surface area contributed by atoms with Gasteiger partial charge in [-0.05, 0) is 77.7 Å². The summed E-state index contributed by atoms with van der Waals surface area (Å²) in [6, 6.07) is 21.7. The Morgan fingerprint density at radius 2 is 1.42 bits per heavy atom. The van der Waals surface area contributed by atoms with Crippen molar-refractivity contribution in [3.8, 4) is 11.5 Å². The molecule has 0 amide bonds. The minimum absolute atomic E-state index is 0.276. The van der Waals surface area contributed by atoms with Crippen molar-refractivity contribution in [3.63, 3.8) is 0 Å². The van der Waals surface area contributed by atoms with Crippen LogP contribution in [0.4, 0.5) is 0 Å². The lowest BCUT2D eigenvalue weighted by Crippen LogP contribution is -1.97. The largest absolute Gasteiger partial charge is 0.508 e. The Bertz CT molecular complexity index is 866. The van der Waals surface area contributed by atoms with Crippen molar-refractivity contribution in [2.45, 2.75) is 6.92 Å². The third kappa shape index (κ3) is 4.77. The lowest BCUT2D eigenvalue weighted by molar-refractivity contribution is 0.361. The Labute approximate surface area is 170 Å². The molecule has 26 heavy (non-hydrogen) atoms. The molecule has 3 aromatic carbocycles. The second kappa shape index (κ2) is 8.56. The standard InChI is InChI=1S/C22H18Br2O2/c1-15-14-20(10-11-22(15)25)26-13-12-21(16-2-6-18(23)7-3-16)17-4-8-19(24)9-5-17/h2-12,14,25H,13H2,1H3. The van der Waals surface area contributed by atoms with Gasteiger partial charge in [0, 0.05) is 8.95 Å². The lowest BCUT2D eigenvalue weighted by Gasteiger charge is -2.11. The van der Waals surface area contributed by atoms with Gasteiger partial charge in [-0.15, -0.1) is 0 Å². The average Bonchev–Trinajstić information content (AvgIpc) is 2.64. The predicted molar refractivity (Wildman–Crippen MR) is 114 cm³/mol. The van der Waals surface area contributed by atoms with Gasteiger partial charge in [0.1, 0.15) is 18.1 Å². The highest BCUT2D eigenvalue weighted by Crippen LogP contribution is 2.27. The van der Waals surface area contributed by atoms with Gasteiger partial charge in [-0.2, -0.15) is 0 Å². The Kier molecular flexibility index (Phi) is 6.17. The molecule has 0 aromatic heterocycles. The Morgan fingerprint density at radius 3 is 1.92 bits per heavy atom. The summed E-state index contributed by atoms with van der Waals surface area (Å²) in [4.78, 5) is 0. The van der Waals surface area contributed by atoms with Crippen LogP contribution in [-0.2, 0) is 0 Å². The normalized spacial score (nSPS) is 10.4. The molecule has 0 saturated carbocycles. The van der Waals surface area contributed by atoms with Crippen molar-refractivity contribution in [3.05, 3.63) is 98.4 Å². The minimum atomic E-state index is 0.276. The first-order chi connectivity index (χ1) is 12.5. The van der Waals surface area contributed by atoms with E-state index in [0.29, 0.717) is 6.61 Å². The lowest BCUT2D eigenvalue weighted by atomic mass is 9.98. The van der Waals surface area contributed by atoms with Crippen LogP contribution in [0.25, 0.3) is 5.57 Å². The molecule has 0 aliphatic heterocycles. The fourth-order valence-corrected chi connectivity index (χ4v) is 3.13. The van der Waals surface area contributed by atoms with Gasteiger partial charge in [-0.3, -0.25) is 0 Å². The molecular weight excluding hydrogens is 456 g/mol. The molecule has 0 radical (unpaired) electrons. The topological polar surface area (TPSA) is 29.5 Å². The number of ether oxygens (including phenoxy) is 1. The average molecular weight is 474 g/mol. The number of hydrogen-bond donors (Lipinski definition) is 1. The maximum atomic E-state index is 9.62. The molecule has 0 aliphatic rings. The van der Waals surface area contributed by atoms with E-state index in [1.165, 1.54) is 0 Å². The molecule has 2 nitrogen and oxygen atoms in total. The molecule has 0 bridgehead atoms. The third-order valence-electron chi connectivity index (χ3n) is 4.02. The molecule has 0 aliphatic carbocycles. The smallest absolute Gasteiger partial charge is 0.120 e. The summed E-state index contributed by atoms with van der Waals surface area (Å²) in [6.07, 6.45) is 2.08. The summed E-state index contributed by atoms with van der Waals surface area (Å²) in [5, 5.41) is 9.62. The van der Waals surface area contributed by atoms with E-state index in [0.717, 1.165) is 37.0 Å². The van der Waals surface area contributed by atoms with Crippen LogP contribution in [-0.4, -0.2) is 11.7 Å². The second-order valence-electron chi connectivity index (χ2n) is 5.89. The molecule has 0 saturated heterocycles. The van der Waals surface area contributed by atoms with Gasteiger partial charge >= 0.3 is 0 Å². The predicted octanol–water partition coefficient (Wildman–Crippen LogP) is 6.74. The molecule has 4 heteroatoms. The van der Waals surface area contributed by atoms with Gasteiger partial charge in [0.25, 0.3) is 0 Å². The van der Waals surface area contributed by atoms with Gasteiger partial charge in [0.15, 0.2) is 0 Å². The van der Waals surface area contributed by atoms with Gasteiger partial charge in [-0.1, -0.05) is 56.1 Å². The fourth-order valence-electron chi connectivity index (χ4n) is 2.60. The van der Waals surface area contributed by atoms with Crippen LogP contribution in [0, 0.1) is 6.92 Å². The number of hydrogen-bond acceptors (Lipinski definition) is 2. The number of aryl methyl sites for hydroxylation is 1. The van der Waals surface area contributed by atoms with Gasteiger partial charge in [-0.25, -0.2) is 0 Å². The van der Waals surface area contributed by atoms with Crippen LogP contribution >= 0.6 is 31.9 Å². The van der Waals surface area contributed by atoms with E-state index in [1.807, 2.05) is 37.3 Å². The zero-order chi connectivity index (χ0) is 18.5. The Hall–Kier alpha value is -2.04. The molecular formula is C22H18Br2O2. The van der Waals surface area contributed by atoms with Gasteiger partial charge < -0.3 is 9.84 Å². The molecule has 132 valence electrons. The van der Waals surface area contributed by atoms with Crippen molar-refractivity contribution in [2.24, 2.45) is 0 Å². The third-order valence-corrected chi connectivity index (χ3v) is 5.07. The summed E-state index contributed by atoms with van der Waals surface area (Å²) in [6.45, 7) is 2.29. The summed E-state index contributed by atoms with van der Waals surface area (Å²) >= 11 is 6.97. The van der Waals surface area contributed by atoms with Crippen LogP contribution in [0.1, 0.15) is 16.7 Å². The highest BCUT2D eigenvalue weighted by atomic mass is 79.9. The van der Waals surface area contributed by atoms with Crippen LogP contribution in [0.3, 0.4) is 0 Å². The van der Waals surface area contributed by atoms with E-state index in [2.05, 4.69) is 62.2 Å². The van der Waals surface area contributed by atoms with Crippen molar-refractivity contribution >= 4 is 37.4 Å². The van der Waals surface area contributed by atoms with Crippen molar-refractivity contribution in [1.29, 1.82) is 0 Å². The number of phenolic OH excluding ortho intramolecular Hbond substituents is 1. The number of rotatable bonds is 5. The van der Waals surface area contributed by atoms with E-state index >= 15 is 0 Å². The zero-order valence-electron chi connectivity index (χ0n) is 14.2. The number of halogens is 2. The summed E-state index contributed by atoms with van der Waals surface area (Å²) in [5.74, 6) is 1.01. The molecule has 1 N–H and O–H groups in total. The minimum Gasteiger partial charge on any atom is -0.508 e. The van der Waals surface area contributed by atoms with Gasteiger partial charge in [0.2, 0.25) is 0 Å². The molecule has 0 atom stereocenters. The maximum absolute atomic E-state index is 9.62. The first-order valence-electron chi connectivity index (χ1n) is 8.17. The highest BCUT2D eigenvalue weighted by molar-refractivity contribution is 9.10. The van der Waals surface area contributed by atoms with Gasteiger partial charge in [0.05, 0.1) is 0 Å². The van der Waals surface area contributed by atoms with E-state index < -0.39 is 0 Å². The van der Waals surface area contributed by atoms with E-state index in [-0.39, 0.29) is 5.75 Å². The molecule has 0 fully saturated rings. The van der Waals surface area contributed by atoms with Crippen LogP contribution in [0.2, 0.25) is 0 Å². The summed E-state index contributed by atoms with van der Waals surface area (Å²) in [7, 11) is 0. The van der Waals surface area contributed by atoms with Crippen molar-refractivity contribution in [1.82, 2.24) is 0 Å². The van der Waals surface area contributed by atoms with Crippen molar-refractivity contribution < 1.29 is 9.84 Å². The monoisotopic (exact) mass is 472 g/mol. The summed E-state index contributed by atoms with van der Waals surface area (Å²) in [5.41, 5.74) is 4.16. The molecule has 0 heterocycles. The SMILES string of the molecule is Cc1cc(OCC=C(c2ccc(Br)cc2)c2ccc(Br)cc2)ccc1O. The number of aromatic hydroxyl groups is 1. The first kappa shape index (κ1) is 18.7. The van der Waals surface area contributed by atoms with Crippen molar-refractivity contribution in [2.75, 3.05) is 6.61 Å². The zero-order valence-corrected chi connectivity index (χ0v) is 17.4. The second-order valence-corrected chi connectivity index (χ2v) is 7.72. The van der Waals surface area contributed by atoms with Crippen LogP contribution < -0.4 is 4.74 Å².